The van der Waals surface area contributed by atoms with Gasteiger partial charge in [0.25, 0.3) is 5.91 Å². The minimum Gasteiger partial charge on any atom is -0.343 e. The van der Waals surface area contributed by atoms with Gasteiger partial charge in [0.15, 0.2) is 5.16 Å². The van der Waals surface area contributed by atoms with Gasteiger partial charge in [0.1, 0.15) is 0 Å². The number of rotatable bonds is 5. The first kappa shape index (κ1) is 17.4. The molecular weight excluding hydrogens is 360 g/mol. The Morgan fingerprint density at radius 3 is 2.78 bits per heavy atom. The van der Waals surface area contributed by atoms with Crippen molar-refractivity contribution < 1.29 is 9.59 Å². The number of hydrogen-bond acceptors (Lipinski definition) is 4. The molecule has 1 aliphatic rings. The smallest absolute Gasteiger partial charge is 0.251 e. The molecule has 27 heavy (non-hydrogen) atoms. The van der Waals surface area contributed by atoms with E-state index in [1.54, 1.807) is 36.0 Å². The van der Waals surface area contributed by atoms with Crippen molar-refractivity contribution in [1.82, 2.24) is 14.9 Å². The van der Waals surface area contributed by atoms with E-state index in [2.05, 4.69) is 20.2 Å². The fourth-order valence-electron chi connectivity index (χ4n) is 2.86. The van der Waals surface area contributed by atoms with Crippen LogP contribution in [0.15, 0.2) is 66.0 Å². The molecule has 136 valence electrons. The minimum atomic E-state index is -0.278. The normalized spacial score (nSPS) is 12.4. The average molecular weight is 378 g/mol. The Labute approximate surface area is 161 Å². The monoisotopic (exact) mass is 378 g/mol. The largest absolute Gasteiger partial charge is 0.343 e. The quantitative estimate of drug-likeness (QED) is 0.716. The van der Waals surface area contributed by atoms with Crippen molar-refractivity contribution in [2.75, 3.05) is 17.6 Å². The van der Waals surface area contributed by atoms with Crippen LogP contribution in [-0.4, -0.2) is 33.7 Å². The summed E-state index contributed by atoms with van der Waals surface area (Å²) in [7, 11) is 0. The summed E-state index contributed by atoms with van der Waals surface area (Å²) in [6, 6.07) is 16.4. The summed E-state index contributed by atoms with van der Waals surface area (Å²) >= 11 is 1.75. The number of carbonyl (C=O) groups is 2. The van der Waals surface area contributed by atoms with Crippen molar-refractivity contribution in [3.63, 3.8) is 0 Å². The molecule has 3 aromatic rings. The zero-order valence-corrected chi connectivity index (χ0v) is 15.3. The van der Waals surface area contributed by atoms with Crippen LogP contribution in [0.25, 0.3) is 11.3 Å². The molecule has 0 atom stereocenters. The van der Waals surface area contributed by atoms with E-state index in [1.165, 1.54) is 0 Å². The number of thioether (sulfide) groups is 1. The lowest BCUT2D eigenvalue weighted by Gasteiger charge is -2.08. The molecule has 1 aromatic heterocycles. The Morgan fingerprint density at radius 2 is 1.96 bits per heavy atom. The molecule has 0 radical (unpaired) electrons. The highest BCUT2D eigenvalue weighted by Crippen LogP contribution is 2.29. The van der Waals surface area contributed by atoms with Crippen LogP contribution in [0, 0.1) is 0 Å². The summed E-state index contributed by atoms with van der Waals surface area (Å²) in [5, 5.41) is 6.47. The molecule has 0 spiro atoms. The van der Waals surface area contributed by atoms with E-state index in [0.29, 0.717) is 11.3 Å². The van der Waals surface area contributed by atoms with Crippen LogP contribution >= 0.6 is 11.8 Å². The molecule has 2 N–H and O–H groups in total. The first-order chi connectivity index (χ1) is 13.2. The molecule has 0 aliphatic carbocycles. The Kier molecular flexibility index (Phi) is 4.93. The maximum atomic E-state index is 12.2. The Morgan fingerprint density at radius 1 is 1.11 bits per heavy atom. The van der Waals surface area contributed by atoms with Gasteiger partial charge in [0.05, 0.1) is 12.2 Å². The highest BCUT2D eigenvalue weighted by atomic mass is 32.2. The van der Waals surface area contributed by atoms with Crippen molar-refractivity contribution >= 4 is 29.3 Å². The van der Waals surface area contributed by atoms with Crippen molar-refractivity contribution in [1.29, 1.82) is 0 Å². The number of nitrogens with zero attached hydrogens (tertiary/aromatic N) is 2. The molecule has 2 aromatic carbocycles. The van der Waals surface area contributed by atoms with Crippen LogP contribution in [0.3, 0.4) is 0 Å². The summed E-state index contributed by atoms with van der Waals surface area (Å²) in [6.45, 7) is 0.887. The van der Waals surface area contributed by atoms with Crippen LogP contribution in [-0.2, 0) is 11.3 Å². The van der Waals surface area contributed by atoms with E-state index >= 15 is 0 Å². The number of benzene rings is 2. The lowest BCUT2D eigenvalue weighted by molar-refractivity contribution is -0.115. The van der Waals surface area contributed by atoms with Gasteiger partial charge in [-0.3, -0.25) is 9.59 Å². The SMILES string of the molecule is O=C(CNC(=O)c1ccccc1)Nc1cccc(-c2cn3c(n2)SCC3)c1. The summed E-state index contributed by atoms with van der Waals surface area (Å²) in [5.41, 5.74) is 3.04. The van der Waals surface area contributed by atoms with Crippen LogP contribution in [0.1, 0.15) is 10.4 Å². The lowest BCUT2D eigenvalue weighted by atomic mass is 10.1. The zero-order valence-electron chi connectivity index (χ0n) is 14.5. The van der Waals surface area contributed by atoms with Crippen molar-refractivity contribution in [2.24, 2.45) is 0 Å². The summed E-state index contributed by atoms with van der Waals surface area (Å²) in [4.78, 5) is 28.8. The third kappa shape index (κ3) is 4.03. The molecule has 6 nitrogen and oxygen atoms in total. The first-order valence-corrected chi connectivity index (χ1v) is 9.61. The first-order valence-electron chi connectivity index (χ1n) is 8.62. The van der Waals surface area contributed by atoms with Crippen molar-refractivity contribution in [2.45, 2.75) is 11.7 Å². The fourth-order valence-corrected chi connectivity index (χ4v) is 3.81. The number of carbonyl (C=O) groups excluding carboxylic acids is 2. The molecule has 0 unspecified atom stereocenters. The van der Waals surface area contributed by atoms with Crippen LogP contribution in [0.4, 0.5) is 5.69 Å². The molecule has 2 heterocycles. The molecule has 0 fully saturated rings. The van der Waals surface area contributed by atoms with E-state index < -0.39 is 0 Å². The van der Waals surface area contributed by atoms with Gasteiger partial charge in [0.2, 0.25) is 5.91 Å². The second kappa shape index (κ2) is 7.67. The molecule has 2 amide bonds. The van der Waals surface area contributed by atoms with Gasteiger partial charge in [0, 0.05) is 35.3 Å². The standard InChI is InChI=1S/C20H18N4O2S/c25-18(12-21-19(26)14-5-2-1-3-6-14)22-16-8-4-7-15(11-16)17-13-24-9-10-27-20(24)23-17/h1-8,11,13H,9-10,12H2,(H,21,26)(H,22,25). The number of hydrogen-bond donors (Lipinski definition) is 2. The van der Waals surface area contributed by atoms with E-state index in [9.17, 15) is 9.59 Å². The highest BCUT2D eigenvalue weighted by Gasteiger charge is 2.15. The van der Waals surface area contributed by atoms with Gasteiger partial charge < -0.3 is 15.2 Å². The number of imidazole rings is 1. The van der Waals surface area contributed by atoms with Crippen LogP contribution < -0.4 is 10.6 Å². The minimum absolute atomic E-state index is 0.0899. The average Bonchev–Trinajstić information content (AvgIpc) is 3.29. The number of aromatic nitrogens is 2. The molecule has 0 saturated heterocycles. The van der Waals surface area contributed by atoms with Gasteiger partial charge >= 0.3 is 0 Å². The number of amides is 2. The summed E-state index contributed by atoms with van der Waals surface area (Å²) in [5.74, 6) is 0.511. The number of anilines is 1. The van der Waals surface area contributed by atoms with Gasteiger partial charge in [-0.1, -0.05) is 42.1 Å². The number of nitrogens with one attached hydrogen (secondary N) is 2. The second-order valence-corrected chi connectivity index (χ2v) is 7.19. The summed E-state index contributed by atoms with van der Waals surface area (Å²) < 4.78 is 2.14. The topological polar surface area (TPSA) is 76.0 Å². The predicted octanol–water partition coefficient (Wildman–Crippen LogP) is 3.02. The second-order valence-electron chi connectivity index (χ2n) is 6.13. The van der Waals surface area contributed by atoms with Crippen molar-refractivity contribution in [3.8, 4) is 11.3 Å². The molecule has 0 saturated carbocycles. The third-order valence-corrected chi connectivity index (χ3v) is 5.16. The molecule has 0 bridgehead atoms. The summed E-state index contributed by atoms with van der Waals surface area (Å²) in [6.07, 6.45) is 2.04. The number of fused-ring (bicyclic) bond motifs is 1. The van der Waals surface area contributed by atoms with Gasteiger partial charge in [-0.2, -0.15) is 0 Å². The Balaban J connectivity index is 1.37. The molecule has 7 heteroatoms. The fraction of sp³-hybridized carbons (Fsp3) is 0.150. The van der Waals surface area contributed by atoms with Gasteiger partial charge in [-0.05, 0) is 24.3 Å². The number of aryl methyl sites for hydroxylation is 1. The third-order valence-electron chi connectivity index (χ3n) is 4.19. The van der Waals surface area contributed by atoms with Crippen molar-refractivity contribution in [3.05, 3.63) is 66.4 Å². The van der Waals surface area contributed by atoms with E-state index in [0.717, 1.165) is 28.7 Å². The van der Waals surface area contributed by atoms with Gasteiger partial charge in [-0.25, -0.2) is 4.98 Å². The van der Waals surface area contributed by atoms with Crippen LogP contribution in [0.2, 0.25) is 0 Å². The predicted molar refractivity (Wildman–Crippen MR) is 106 cm³/mol. The maximum absolute atomic E-state index is 12.2. The van der Waals surface area contributed by atoms with Crippen LogP contribution in [0.5, 0.6) is 0 Å². The van der Waals surface area contributed by atoms with Gasteiger partial charge in [-0.15, -0.1) is 0 Å². The molecule has 1 aliphatic heterocycles. The Hall–Kier alpha value is -3.06. The van der Waals surface area contributed by atoms with E-state index in [1.807, 2.05) is 36.5 Å². The molecular formula is C20H18N4O2S. The van der Waals surface area contributed by atoms with E-state index in [4.69, 9.17) is 0 Å². The van der Waals surface area contributed by atoms with E-state index in [-0.39, 0.29) is 18.4 Å². The highest BCUT2D eigenvalue weighted by molar-refractivity contribution is 7.99. The Bertz CT molecular complexity index is 963. The molecule has 4 rings (SSSR count). The maximum Gasteiger partial charge on any atom is 0.251 e. The zero-order chi connectivity index (χ0) is 18.6. The lowest BCUT2D eigenvalue weighted by Crippen LogP contribution is -2.32.